The van der Waals surface area contributed by atoms with Crippen LogP contribution in [0.3, 0.4) is 0 Å². The lowest BCUT2D eigenvalue weighted by atomic mass is 10.0. The van der Waals surface area contributed by atoms with Crippen molar-refractivity contribution in [1.29, 1.82) is 0 Å². The predicted octanol–water partition coefficient (Wildman–Crippen LogP) is 4.73. The Kier molecular flexibility index (Phi) is 6.65. The average Bonchev–Trinajstić information content (AvgIpc) is 2.72. The molecule has 0 aliphatic rings. The molecule has 5 heteroatoms. The van der Waals surface area contributed by atoms with Crippen LogP contribution in [0, 0.1) is 0 Å². The molecule has 0 bridgehead atoms. The van der Waals surface area contributed by atoms with Gasteiger partial charge in [0.25, 0.3) is 0 Å². The second-order valence-corrected chi connectivity index (χ2v) is 7.49. The van der Waals surface area contributed by atoms with Crippen molar-refractivity contribution < 1.29 is 14.3 Å². The Bertz CT molecular complexity index is 1120. The van der Waals surface area contributed by atoms with Crippen molar-refractivity contribution in [3.05, 3.63) is 83.4 Å². The van der Waals surface area contributed by atoms with Gasteiger partial charge in [0, 0.05) is 12.6 Å². The number of amides is 1. The van der Waals surface area contributed by atoms with Gasteiger partial charge in [-0.05, 0) is 66.7 Å². The zero-order chi connectivity index (χ0) is 21.7. The summed E-state index contributed by atoms with van der Waals surface area (Å²) < 4.78 is 4.85. The molecule has 0 aliphatic carbocycles. The van der Waals surface area contributed by atoms with E-state index in [1.165, 1.54) is 7.11 Å². The molecule has 0 atom stereocenters. The van der Waals surface area contributed by atoms with Crippen molar-refractivity contribution in [1.82, 2.24) is 4.90 Å². The molecule has 3 aromatic rings. The summed E-state index contributed by atoms with van der Waals surface area (Å²) in [7, 11) is 5.25. The molecule has 5 nitrogen and oxygen atoms in total. The summed E-state index contributed by atoms with van der Waals surface area (Å²) in [5.74, 6) is -0.787. The smallest absolute Gasteiger partial charge is 0.339 e. The minimum atomic E-state index is -0.489. The Labute approximate surface area is 177 Å². The molecular formula is C25H26N2O3. The molecule has 1 N–H and O–H groups in total. The summed E-state index contributed by atoms with van der Waals surface area (Å²) in [6.07, 6.45) is 1.55. The standard InChI is InChI=1S/C25H26N2O3/c1-17(20-11-10-19-7-5-6-8-21(19)15-20)13-24(28)26-23-14-18(16-27(2)3)9-12-22(23)25(29)30-4/h5-15H,16H2,1-4H3,(H,26,28)/b17-13-. The van der Waals surface area contributed by atoms with E-state index in [1.54, 1.807) is 12.1 Å². The number of esters is 1. The molecule has 0 aliphatic heterocycles. The summed E-state index contributed by atoms with van der Waals surface area (Å²) in [5.41, 5.74) is 3.55. The van der Waals surface area contributed by atoms with E-state index in [-0.39, 0.29) is 5.91 Å². The van der Waals surface area contributed by atoms with Gasteiger partial charge >= 0.3 is 5.97 Å². The van der Waals surface area contributed by atoms with Gasteiger partial charge in [-0.1, -0.05) is 42.5 Å². The van der Waals surface area contributed by atoms with Crippen LogP contribution in [0.4, 0.5) is 5.69 Å². The molecule has 30 heavy (non-hydrogen) atoms. The van der Waals surface area contributed by atoms with Crippen LogP contribution in [0.15, 0.2) is 66.7 Å². The fourth-order valence-corrected chi connectivity index (χ4v) is 3.33. The number of anilines is 1. The van der Waals surface area contributed by atoms with Crippen molar-refractivity contribution in [2.24, 2.45) is 0 Å². The predicted molar refractivity (Wildman–Crippen MR) is 121 cm³/mol. The zero-order valence-corrected chi connectivity index (χ0v) is 17.7. The van der Waals surface area contributed by atoms with Gasteiger partial charge in [-0.25, -0.2) is 4.79 Å². The van der Waals surface area contributed by atoms with Gasteiger partial charge in [-0.15, -0.1) is 0 Å². The van der Waals surface area contributed by atoms with Gasteiger partial charge in [0.05, 0.1) is 18.4 Å². The van der Waals surface area contributed by atoms with Gasteiger partial charge in [0.2, 0.25) is 5.91 Å². The quantitative estimate of drug-likeness (QED) is 0.478. The fraction of sp³-hybridized carbons (Fsp3) is 0.200. The molecule has 0 heterocycles. The number of nitrogens with zero attached hydrogens (tertiary/aromatic N) is 1. The molecule has 0 unspecified atom stereocenters. The highest BCUT2D eigenvalue weighted by molar-refractivity contribution is 6.07. The molecule has 0 aromatic heterocycles. The average molecular weight is 402 g/mol. The van der Waals surface area contributed by atoms with Gasteiger partial charge in [0.1, 0.15) is 0 Å². The van der Waals surface area contributed by atoms with E-state index in [2.05, 4.69) is 17.4 Å². The number of allylic oxidation sites excluding steroid dienone is 1. The minimum Gasteiger partial charge on any atom is -0.465 e. The molecule has 3 rings (SSSR count). The maximum Gasteiger partial charge on any atom is 0.339 e. The van der Waals surface area contributed by atoms with Crippen molar-refractivity contribution in [2.75, 3.05) is 26.5 Å². The van der Waals surface area contributed by atoms with Crippen molar-refractivity contribution in [2.45, 2.75) is 13.5 Å². The van der Waals surface area contributed by atoms with Crippen molar-refractivity contribution >= 4 is 33.9 Å². The second kappa shape index (κ2) is 9.37. The highest BCUT2D eigenvalue weighted by Crippen LogP contribution is 2.23. The van der Waals surface area contributed by atoms with Gasteiger partial charge in [-0.3, -0.25) is 4.79 Å². The van der Waals surface area contributed by atoms with Crippen LogP contribution in [0.1, 0.15) is 28.4 Å². The summed E-state index contributed by atoms with van der Waals surface area (Å²) in [6.45, 7) is 2.59. The van der Waals surface area contributed by atoms with Gasteiger partial charge < -0.3 is 15.0 Å². The Hall–Kier alpha value is -3.44. The monoisotopic (exact) mass is 402 g/mol. The topological polar surface area (TPSA) is 58.6 Å². The van der Waals surface area contributed by atoms with E-state index in [9.17, 15) is 9.59 Å². The lowest BCUT2D eigenvalue weighted by Gasteiger charge is -2.14. The zero-order valence-electron chi connectivity index (χ0n) is 17.7. The molecular weight excluding hydrogens is 376 g/mol. The van der Waals surface area contributed by atoms with Crippen LogP contribution >= 0.6 is 0 Å². The van der Waals surface area contributed by atoms with Crippen LogP contribution in [0.5, 0.6) is 0 Å². The number of hydrogen-bond donors (Lipinski definition) is 1. The third-order valence-electron chi connectivity index (χ3n) is 4.80. The van der Waals surface area contributed by atoms with Gasteiger partial charge in [-0.2, -0.15) is 0 Å². The molecule has 3 aromatic carbocycles. The molecule has 0 saturated carbocycles. The number of ether oxygens (including phenoxy) is 1. The summed E-state index contributed by atoms with van der Waals surface area (Å²) >= 11 is 0. The van der Waals surface area contributed by atoms with E-state index in [4.69, 9.17) is 4.74 Å². The van der Waals surface area contributed by atoms with Crippen molar-refractivity contribution in [3.8, 4) is 0 Å². The summed E-state index contributed by atoms with van der Waals surface area (Å²) in [6, 6.07) is 19.5. The first kappa shape index (κ1) is 21.3. The number of carbonyl (C=O) groups excluding carboxylic acids is 2. The number of methoxy groups -OCH3 is 1. The number of carbonyl (C=O) groups is 2. The van der Waals surface area contributed by atoms with Crippen LogP contribution in [0.2, 0.25) is 0 Å². The molecule has 0 fully saturated rings. The van der Waals surface area contributed by atoms with E-state index in [0.717, 1.165) is 27.5 Å². The molecule has 0 saturated heterocycles. The number of hydrogen-bond acceptors (Lipinski definition) is 4. The van der Waals surface area contributed by atoms with Crippen LogP contribution in [-0.2, 0) is 16.1 Å². The highest BCUT2D eigenvalue weighted by atomic mass is 16.5. The van der Waals surface area contributed by atoms with Crippen LogP contribution in [0.25, 0.3) is 16.3 Å². The molecule has 0 radical (unpaired) electrons. The van der Waals surface area contributed by atoms with Gasteiger partial charge in [0.15, 0.2) is 0 Å². The Balaban J connectivity index is 1.86. The first-order valence-corrected chi connectivity index (χ1v) is 9.72. The Morgan fingerprint density at radius 1 is 1.00 bits per heavy atom. The molecule has 154 valence electrons. The fourth-order valence-electron chi connectivity index (χ4n) is 3.33. The van der Waals surface area contributed by atoms with E-state index in [1.807, 2.05) is 68.4 Å². The lowest BCUT2D eigenvalue weighted by Crippen LogP contribution is -2.15. The van der Waals surface area contributed by atoms with E-state index < -0.39 is 5.97 Å². The first-order valence-electron chi connectivity index (χ1n) is 9.72. The SMILES string of the molecule is COC(=O)c1ccc(CN(C)C)cc1NC(=O)/C=C(/C)c1ccc2ccccc2c1. The summed E-state index contributed by atoms with van der Waals surface area (Å²) in [5, 5.41) is 5.11. The Morgan fingerprint density at radius 3 is 2.43 bits per heavy atom. The number of rotatable bonds is 6. The first-order chi connectivity index (χ1) is 14.4. The molecule has 0 spiro atoms. The lowest BCUT2D eigenvalue weighted by molar-refractivity contribution is -0.111. The number of benzene rings is 3. The number of fused-ring (bicyclic) bond motifs is 1. The summed E-state index contributed by atoms with van der Waals surface area (Å²) in [4.78, 5) is 26.8. The van der Waals surface area contributed by atoms with E-state index >= 15 is 0 Å². The Morgan fingerprint density at radius 2 is 1.73 bits per heavy atom. The maximum absolute atomic E-state index is 12.7. The maximum atomic E-state index is 12.7. The highest BCUT2D eigenvalue weighted by Gasteiger charge is 2.14. The van der Waals surface area contributed by atoms with Crippen molar-refractivity contribution in [3.63, 3.8) is 0 Å². The van der Waals surface area contributed by atoms with E-state index in [0.29, 0.717) is 17.8 Å². The third kappa shape index (κ3) is 5.13. The van der Waals surface area contributed by atoms with Crippen LogP contribution in [-0.4, -0.2) is 38.0 Å². The normalized spacial score (nSPS) is 11.6. The largest absolute Gasteiger partial charge is 0.465 e. The minimum absolute atomic E-state index is 0.298. The van der Waals surface area contributed by atoms with Crippen LogP contribution < -0.4 is 5.32 Å². The molecule has 1 amide bonds. The second-order valence-electron chi connectivity index (χ2n) is 7.49. The third-order valence-corrected chi connectivity index (χ3v) is 4.80. The number of nitrogens with one attached hydrogen (secondary N) is 1.